The summed E-state index contributed by atoms with van der Waals surface area (Å²) in [5, 5.41) is 0. The number of benzene rings is 1. The van der Waals surface area contributed by atoms with E-state index in [-0.39, 0.29) is 22.9 Å². The number of carbonyl (C=O) groups is 1. The van der Waals surface area contributed by atoms with Gasteiger partial charge in [0.2, 0.25) is 0 Å². The van der Waals surface area contributed by atoms with E-state index in [1.165, 1.54) is 26.5 Å². The highest BCUT2D eigenvalue weighted by molar-refractivity contribution is 5.97. The van der Waals surface area contributed by atoms with Gasteiger partial charge < -0.3 is 24.3 Å². The molecular weight excluding hydrogens is 400 g/mol. The molecule has 0 unspecified atom stereocenters. The second-order valence-electron chi connectivity index (χ2n) is 7.23. The van der Waals surface area contributed by atoms with E-state index in [1.807, 2.05) is 0 Å². The van der Waals surface area contributed by atoms with E-state index in [2.05, 4.69) is 15.0 Å². The molecule has 3 aromatic rings. The summed E-state index contributed by atoms with van der Waals surface area (Å²) in [5.74, 6) is 1.14. The molecule has 0 aliphatic carbocycles. The number of nitrogens with one attached hydrogen (secondary N) is 2. The van der Waals surface area contributed by atoms with Crippen molar-refractivity contribution in [3.05, 3.63) is 74.7 Å². The highest BCUT2D eigenvalue weighted by Crippen LogP contribution is 2.30. The number of carbonyl (C=O) groups excluding carboxylic acids is 1. The van der Waals surface area contributed by atoms with E-state index in [0.29, 0.717) is 53.7 Å². The molecule has 1 aliphatic heterocycles. The number of likely N-dealkylation sites (tertiary alicyclic amines) is 1. The van der Waals surface area contributed by atoms with Crippen LogP contribution < -0.4 is 20.6 Å². The molecule has 31 heavy (non-hydrogen) atoms. The van der Waals surface area contributed by atoms with Gasteiger partial charge >= 0.3 is 0 Å². The molecule has 1 atom stereocenters. The maximum atomic E-state index is 13.1. The first-order chi connectivity index (χ1) is 15.0. The third kappa shape index (κ3) is 4.07. The lowest BCUT2D eigenvalue weighted by atomic mass is 10.1. The van der Waals surface area contributed by atoms with Gasteiger partial charge in [-0.15, -0.1) is 0 Å². The molecular formula is C22H22N4O5. The van der Waals surface area contributed by atoms with Crippen LogP contribution in [0.4, 0.5) is 0 Å². The first kappa shape index (κ1) is 20.4. The molecule has 160 valence electrons. The first-order valence-corrected chi connectivity index (χ1v) is 9.80. The van der Waals surface area contributed by atoms with Crippen molar-refractivity contribution < 1.29 is 14.3 Å². The van der Waals surface area contributed by atoms with Crippen molar-refractivity contribution in [1.29, 1.82) is 0 Å². The molecule has 1 fully saturated rings. The van der Waals surface area contributed by atoms with Crippen LogP contribution in [0.5, 0.6) is 11.5 Å². The van der Waals surface area contributed by atoms with Gasteiger partial charge in [-0.2, -0.15) is 0 Å². The van der Waals surface area contributed by atoms with Gasteiger partial charge in [0.05, 0.1) is 31.0 Å². The third-order valence-corrected chi connectivity index (χ3v) is 5.35. The maximum Gasteiger partial charge on any atom is 0.257 e. The average molecular weight is 422 g/mol. The lowest BCUT2D eigenvalue weighted by molar-refractivity contribution is 0.0786. The smallest absolute Gasteiger partial charge is 0.257 e. The molecule has 1 saturated heterocycles. The fourth-order valence-corrected chi connectivity index (χ4v) is 3.75. The van der Waals surface area contributed by atoms with Crippen LogP contribution in [0, 0.1) is 0 Å². The van der Waals surface area contributed by atoms with E-state index >= 15 is 0 Å². The number of H-pyrrole nitrogens is 2. The third-order valence-electron chi connectivity index (χ3n) is 5.35. The summed E-state index contributed by atoms with van der Waals surface area (Å²) >= 11 is 0. The van der Waals surface area contributed by atoms with Crippen LogP contribution in [0.2, 0.25) is 0 Å². The van der Waals surface area contributed by atoms with Gasteiger partial charge in [0.25, 0.3) is 17.0 Å². The average Bonchev–Trinajstić information content (AvgIpc) is 3.28. The number of rotatable bonds is 5. The van der Waals surface area contributed by atoms with Crippen molar-refractivity contribution in [2.24, 2.45) is 0 Å². The second kappa shape index (κ2) is 8.47. The molecule has 0 saturated carbocycles. The normalized spacial score (nSPS) is 15.7. The SMILES string of the molecule is COc1ccc(OC)c(C(=O)N2CC[C@H](c3nc(-c4ccc[nH]c4=O)cc(=O)[nH]3)C2)c1. The molecule has 4 rings (SSSR count). The minimum atomic E-state index is -0.345. The Bertz CT molecular complexity index is 1230. The minimum absolute atomic E-state index is 0.156. The lowest BCUT2D eigenvalue weighted by Crippen LogP contribution is -2.29. The summed E-state index contributed by atoms with van der Waals surface area (Å²) in [4.78, 5) is 49.0. The van der Waals surface area contributed by atoms with E-state index in [4.69, 9.17) is 9.47 Å². The van der Waals surface area contributed by atoms with E-state index in [0.717, 1.165) is 0 Å². The lowest BCUT2D eigenvalue weighted by Gasteiger charge is -2.18. The number of aromatic amines is 2. The largest absolute Gasteiger partial charge is 0.497 e. The zero-order valence-electron chi connectivity index (χ0n) is 17.2. The van der Waals surface area contributed by atoms with Crippen LogP contribution in [0.25, 0.3) is 11.3 Å². The Labute approximate surface area is 177 Å². The Morgan fingerprint density at radius 3 is 2.74 bits per heavy atom. The second-order valence-corrected chi connectivity index (χ2v) is 7.23. The Hall–Kier alpha value is -3.88. The van der Waals surface area contributed by atoms with Gasteiger partial charge in [-0.3, -0.25) is 14.4 Å². The molecule has 0 radical (unpaired) electrons. The Kier molecular flexibility index (Phi) is 5.57. The Balaban J connectivity index is 1.60. The van der Waals surface area contributed by atoms with E-state index in [9.17, 15) is 14.4 Å². The number of pyridine rings is 1. The number of amides is 1. The van der Waals surface area contributed by atoms with Crippen LogP contribution in [0.3, 0.4) is 0 Å². The number of ether oxygens (including phenoxy) is 2. The molecule has 9 nitrogen and oxygen atoms in total. The summed E-state index contributed by atoms with van der Waals surface area (Å²) in [6.45, 7) is 0.889. The summed E-state index contributed by atoms with van der Waals surface area (Å²) in [6.07, 6.45) is 2.16. The zero-order valence-corrected chi connectivity index (χ0v) is 17.2. The fourth-order valence-electron chi connectivity index (χ4n) is 3.75. The molecule has 2 aromatic heterocycles. The summed E-state index contributed by atoms with van der Waals surface area (Å²) in [6, 6.07) is 9.66. The summed E-state index contributed by atoms with van der Waals surface area (Å²) in [7, 11) is 3.05. The summed E-state index contributed by atoms with van der Waals surface area (Å²) in [5.41, 5.74) is 0.373. The molecule has 1 amide bonds. The monoisotopic (exact) mass is 422 g/mol. The predicted molar refractivity (Wildman–Crippen MR) is 114 cm³/mol. The first-order valence-electron chi connectivity index (χ1n) is 9.80. The van der Waals surface area contributed by atoms with Crippen LogP contribution in [-0.4, -0.2) is 53.1 Å². The number of hydrogen-bond acceptors (Lipinski definition) is 6. The van der Waals surface area contributed by atoms with E-state index < -0.39 is 0 Å². The molecule has 2 N–H and O–H groups in total. The van der Waals surface area contributed by atoms with Gasteiger partial charge in [-0.25, -0.2) is 4.98 Å². The van der Waals surface area contributed by atoms with E-state index in [1.54, 1.807) is 35.2 Å². The standard InChI is InChI=1S/C22H22N4O5/c1-30-14-5-6-18(31-2)16(10-14)22(29)26-9-7-13(12-26)20-24-17(11-19(27)25-20)15-4-3-8-23-21(15)28/h3-6,8,10-11,13H,7,9,12H2,1-2H3,(H,23,28)(H,24,25,27)/t13-/m0/s1. The molecule has 1 aliphatic rings. The molecule has 9 heteroatoms. The molecule has 0 bridgehead atoms. The van der Waals surface area contributed by atoms with Crippen molar-refractivity contribution in [3.63, 3.8) is 0 Å². The number of aromatic nitrogens is 3. The maximum absolute atomic E-state index is 13.1. The van der Waals surface area contributed by atoms with Gasteiger partial charge in [0.15, 0.2) is 0 Å². The predicted octanol–water partition coefficient (Wildman–Crippen LogP) is 1.77. The Morgan fingerprint density at radius 2 is 2.00 bits per heavy atom. The molecule has 3 heterocycles. The highest BCUT2D eigenvalue weighted by Gasteiger charge is 2.31. The molecule has 0 spiro atoms. The van der Waals surface area contributed by atoms with Gasteiger partial charge in [0.1, 0.15) is 17.3 Å². The number of methoxy groups -OCH3 is 2. The van der Waals surface area contributed by atoms with Crippen LogP contribution in [-0.2, 0) is 0 Å². The van der Waals surface area contributed by atoms with Crippen LogP contribution in [0.1, 0.15) is 28.5 Å². The van der Waals surface area contributed by atoms with Gasteiger partial charge in [-0.05, 0) is 36.8 Å². The van der Waals surface area contributed by atoms with Crippen molar-refractivity contribution in [3.8, 4) is 22.8 Å². The Morgan fingerprint density at radius 1 is 1.16 bits per heavy atom. The quantitative estimate of drug-likeness (QED) is 0.647. The van der Waals surface area contributed by atoms with Crippen molar-refractivity contribution in [2.75, 3.05) is 27.3 Å². The highest BCUT2D eigenvalue weighted by atomic mass is 16.5. The van der Waals surface area contributed by atoms with Crippen LogP contribution >= 0.6 is 0 Å². The number of hydrogen-bond donors (Lipinski definition) is 2. The topological polar surface area (TPSA) is 117 Å². The molecule has 1 aromatic carbocycles. The van der Waals surface area contributed by atoms with Crippen molar-refractivity contribution in [2.45, 2.75) is 12.3 Å². The van der Waals surface area contributed by atoms with Crippen molar-refractivity contribution in [1.82, 2.24) is 19.9 Å². The van der Waals surface area contributed by atoms with Gasteiger partial charge in [-0.1, -0.05) is 0 Å². The van der Waals surface area contributed by atoms with Crippen molar-refractivity contribution >= 4 is 5.91 Å². The number of nitrogens with zero attached hydrogens (tertiary/aromatic N) is 2. The zero-order chi connectivity index (χ0) is 22.0. The van der Waals surface area contributed by atoms with Crippen LogP contribution in [0.15, 0.2) is 52.2 Å². The minimum Gasteiger partial charge on any atom is -0.497 e. The van der Waals surface area contributed by atoms with Gasteiger partial charge in [0, 0.05) is 31.3 Å². The fraction of sp³-hybridized carbons (Fsp3) is 0.273. The summed E-state index contributed by atoms with van der Waals surface area (Å²) < 4.78 is 10.6.